The van der Waals surface area contributed by atoms with Crippen LogP contribution in [-0.2, 0) is 0 Å². The number of rotatable bonds is 1. The highest BCUT2D eigenvalue weighted by Gasteiger charge is 2.24. The molecule has 0 atom stereocenters. The molecule has 0 spiro atoms. The summed E-state index contributed by atoms with van der Waals surface area (Å²) in [5, 5.41) is 7.06. The molecule has 120 valence electrons. The standard InChI is InChI=1S/C13H11N.C9H11N/c14-13-11-7-3-1-5-9(11)10-6-2-4-8-12(10)13;1-7-3-4-8(2)9(5-7)6-10/h1-8,13H,14H2;3-6,10H,1-2H3. The maximum Gasteiger partial charge on any atom is 0.0563 e. The van der Waals surface area contributed by atoms with E-state index in [0.29, 0.717) is 0 Å². The van der Waals surface area contributed by atoms with Gasteiger partial charge in [0.25, 0.3) is 0 Å². The zero-order valence-electron chi connectivity index (χ0n) is 14.1. The molecular weight excluding hydrogens is 292 g/mol. The number of nitrogens with two attached hydrogens (primary N) is 1. The number of aryl methyl sites for hydroxylation is 2. The summed E-state index contributed by atoms with van der Waals surface area (Å²) in [6, 6.07) is 22.9. The smallest absolute Gasteiger partial charge is 0.0563 e. The summed E-state index contributed by atoms with van der Waals surface area (Å²) < 4.78 is 0. The van der Waals surface area contributed by atoms with E-state index in [1.54, 1.807) is 0 Å². The van der Waals surface area contributed by atoms with E-state index >= 15 is 0 Å². The van der Waals surface area contributed by atoms with Gasteiger partial charge in [-0.05, 0) is 47.2 Å². The molecule has 4 rings (SSSR count). The van der Waals surface area contributed by atoms with Crippen LogP contribution in [0.3, 0.4) is 0 Å². The van der Waals surface area contributed by atoms with Crippen molar-refractivity contribution in [1.29, 1.82) is 5.41 Å². The third-order valence-corrected chi connectivity index (χ3v) is 4.47. The van der Waals surface area contributed by atoms with Crippen LogP contribution in [0.15, 0.2) is 66.7 Å². The molecule has 3 N–H and O–H groups in total. The summed E-state index contributed by atoms with van der Waals surface area (Å²) in [6.45, 7) is 4.05. The van der Waals surface area contributed by atoms with Crippen LogP contribution >= 0.6 is 0 Å². The average molecular weight is 314 g/mol. The van der Waals surface area contributed by atoms with Gasteiger partial charge in [-0.15, -0.1) is 0 Å². The fourth-order valence-corrected chi connectivity index (χ4v) is 3.11. The third kappa shape index (κ3) is 3.01. The van der Waals surface area contributed by atoms with E-state index in [-0.39, 0.29) is 6.04 Å². The number of benzene rings is 3. The molecule has 0 radical (unpaired) electrons. The van der Waals surface area contributed by atoms with Gasteiger partial charge in [0.05, 0.1) is 6.04 Å². The number of hydrogen-bond acceptors (Lipinski definition) is 2. The second kappa shape index (κ2) is 6.81. The third-order valence-electron chi connectivity index (χ3n) is 4.47. The fraction of sp³-hybridized carbons (Fsp3) is 0.136. The lowest BCUT2D eigenvalue weighted by Gasteiger charge is -2.04. The molecule has 2 heteroatoms. The molecule has 0 aliphatic heterocycles. The first-order valence-electron chi connectivity index (χ1n) is 8.13. The van der Waals surface area contributed by atoms with E-state index < -0.39 is 0 Å². The zero-order chi connectivity index (χ0) is 17.1. The molecule has 0 saturated heterocycles. The predicted octanol–water partition coefficient (Wildman–Crippen LogP) is 5.02. The van der Waals surface area contributed by atoms with Gasteiger partial charge in [-0.2, -0.15) is 0 Å². The van der Waals surface area contributed by atoms with Crippen LogP contribution in [0.1, 0.15) is 33.9 Å². The van der Waals surface area contributed by atoms with Gasteiger partial charge < -0.3 is 11.1 Å². The first-order chi connectivity index (χ1) is 11.6. The Morgan fingerprint density at radius 1 is 0.833 bits per heavy atom. The van der Waals surface area contributed by atoms with Crippen LogP contribution in [0.4, 0.5) is 0 Å². The van der Waals surface area contributed by atoms with Gasteiger partial charge >= 0.3 is 0 Å². The van der Waals surface area contributed by atoms with Gasteiger partial charge in [0, 0.05) is 6.21 Å². The minimum absolute atomic E-state index is 0.0578. The Hall–Kier alpha value is -2.71. The lowest BCUT2D eigenvalue weighted by atomic mass is 10.1. The second-order valence-electron chi connectivity index (χ2n) is 6.16. The molecule has 0 saturated carbocycles. The SMILES string of the molecule is Cc1ccc(C)c(C=N)c1.NC1c2ccccc2-c2ccccc21. The van der Waals surface area contributed by atoms with Crippen LogP contribution < -0.4 is 5.73 Å². The van der Waals surface area contributed by atoms with E-state index in [0.717, 1.165) is 5.56 Å². The Kier molecular flexibility index (Phi) is 4.59. The van der Waals surface area contributed by atoms with Crippen molar-refractivity contribution < 1.29 is 0 Å². The molecule has 2 nitrogen and oxygen atoms in total. The van der Waals surface area contributed by atoms with Gasteiger partial charge in [-0.25, -0.2) is 0 Å². The van der Waals surface area contributed by atoms with Crippen molar-refractivity contribution in [3.63, 3.8) is 0 Å². The van der Waals surface area contributed by atoms with Gasteiger partial charge in [0.15, 0.2) is 0 Å². The largest absolute Gasteiger partial charge is 0.320 e. The van der Waals surface area contributed by atoms with Crippen molar-refractivity contribution in [2.75, 3.05) is 0 Å². The Bertz CT molecular complexity index is 835. The highest BCUT2D eigenvalue weighted by atomic mass is 14.7. The van der Waals surface area contributed by atoms with Gasteiger partial charge in [-0.3, -0.25) is 0 Å². The highest BCUT2D eigenvalue weighted by molar-refractivity contribution is 5.79. The van der Waals surface area contributed by atoms with E-state index in [2.05, 4.69) is 42.5 Å². The fourth-order valence-electron chi connectivity index (χ4n) is 3.11. The van der Waals surface area contributed by atoms with E-state index in [1.807, 2.05) is 38.1 Å². The van der Waals surface area contributed by atoms with Crippen molar-refractivity contribution in [1.82, 2.24) is 0 Å². The molecule has 0 fully saturated rings. The molecule has 1 aliphatic carbocycles. The molecule has 3 aromatic carbocycles. The zero-order valence-corrected chi connectivity index (χ0v) is 14.1. The quantitative estimate of drug-likeness (QED) is 0.609. The highest BCUT2D eigenvalue weighted by Crippen LogP contribution is 2.41. The topological polar surface area (TPSA) is 49.9 Å². The lowest BCUT2D eigenvalue weighted by molar-refractivity contribution is 0.901. The number of fused-ring (bicyclic) bond motifs is 3. The minimum Gasteiger partial charge on any atom is -0.320 e. The minimum atomic E-state index is 0.0578. The lowest BCUT2D eigenvalue weighted by Crippen LogP contribution is -2.07. The van der Waals surface area contributed by atoms with Crippen molar-refractivity contribution in [3.05, 3.63) is 94.5 Å². The number of nitrogens with one attached hydrogen (secondary N) is 1. The molecule has 1 aliphatic rings. The summed E-state index contributed by atoms with van der Waals surface area (Å²) in [5.74, 6) is 0. The average Bonchev–Trinajstić information content (AvgIpc) is 2.91. The van der Waals surface area contributed by atoms with Crippen LogP contribution in [-0.4, -0.2) is 6.21 Å². The second-order valence-corrected chi connectivity index (χ2v) is 6.16. The van der Waals surface area contributed by atoms with Gasteiger partial charge in [-0.1, -0.05) is 72.3 Å². The van der Waals surface area contributed by atoms with Crippen molar-refractivity contribution in [2.45, 2.75) is 19.9 Å². The molecule has 0 heterocycles. The summed E-state index contributed by atoms with van der Waals surface area (Å²) in [5.41, 5.74) is 14.6. The molecule has 0 unspecified atom stereocenters. The first-order valence-corrected chi connectivity index (χ1v) is 8.13. The molecule has 24 heavy (non-hydrogen) atoms. The predicted molar refractivity (Wildman–Crippen MR) is 102 cm³/mol. The van der Waals surface area contributed by atoms with Crippen molar-refractivity contribution in [3.8, 4) is 11.1 Å². The van der Waals surface area contributed by atoms with E-state index in [4.69, 9.17) is 11.1 Å². The van der Waals surface area contributed by atoms with Gasteiger partial charge in [0.1, 0.15) is 0 Å². The first kappa shape index (κ1) is 16.2. The maximum atomic E-state index is 7.06. The molecule has 3 aromatic rings. The molecule has 0 bridgehead atoms. The van der Waals surface area contributed by atoms with Crippen LogP contribution in [0, 0.1) is 19.3 Å². The Labute approximate surface area is 143 Å². The molecular formula is C22H22N2. The van der Waals surface area contributed by atoms with Crippen LogP contribution in [0.5, 0.6) is 0 Å². The van der Waals surface area contributed by atoms with Crippen LogP contribution in [0.2, 0.25) is 0 Å². The Morgan fingerprint density at radius 2 is 1.38 bits per heavy atom. The summed E-state index contributed by atoms with van der Waals surface area (Å²) in [6.07, 6.45) is 1.39. The van der Waals surface area contributed by atoms with Gasteiger partial charge in [0.2, 0.25) is 0 Å². The Balaban J connectivity index is 0.000000150. The van der Waals surface area contributed by atoms with E-state index in [9.17, 15) is 0 Å². The number of hydrogen-bond donors (Lipinski definition) is 2. The summed E-state index contributed by atoms with van der Waals surface area (Å²) >= 11 is 0. The summed E-state index contributed by atoms with van der Waals surface area (Å²) in [7, 11) is 0. The normalized spacial score (nSPS) is 12.0. The maximum absolute atomic E-state index is 7.06. The monoisotopic (exact) mass is 314 g/mol. The van der Waals surface area contributed by atoms with E-state index in [1.165, 1.54) is 39.6 Å². The molecule has 0 amide bonds. The molecule has 0 aromatic heterocycles. The Morgan fingerprint density at radius 3 is 1.88 bits per heavy atom. The van der Waals surface area contributed by atoms with Crippen molar-refractivity contribution in [2.24, 2.45) is 5.73 Å². The van der Waals surface area contributed by atoms with Crippen molar-refractivity contribution >= 4 is 6.21 Å². The summed E-state index contributed by atoms with van der Waals surface area (Å²) in [4.78, 5) is 0. The van der Waals surface area contributed by atoms with Crippen LogP contribution in [0.25, 0.3) is 11.1 Å².